The lowest BCUT2D eigenvalue weighted by atomic mass is 9.91. The molecule has 0 amide bonds. The summed E-state index contributed by atoms with van der Waals surface area (Å²) in [5.41, 5.74) is 12.2. The molecule has 1 heterocycles. The van der Waals surface area contributed by atoms with Crippen LogP contribution in [0.3, 0.4) is 0 Å². The Kier molecular flexibility index (Phi) is 7.93. The molecule has 1 aliphatic carbocycles. The number of fused-ring (bicyclic) bond motifs is 3. The first-order valence-corrected chi connectivity index (χ1v) is 18.1. The van der Waals surface area contributed by atoms with E-state index in [0.29, 0.717) is 5.92 Å². The van der Waals surface area contributed by atoms with E-state index in [1.165, 1.54) is 64.8 Å². The van der Waals surface area contributed by atoms with Crippen molar-refractivity contribution in [3.63, 3.8) is 0 Å². The highest BCUT2D eigenvalue weighted by Gasteiger charge is 2.19. The van der Waals surface area contributed by atoms with Crippen molar-refractivity contribution in [3.8, 4) is 33.4 Å². The third-order valence-electron chi connectivity index (χ3n) is 9.86. The number of rotatable bonds is 7. The Labute approximate surface area is 297 Å². The van der Waals surface area contributed by atoms with Crippen molar-refractivity contribution in [2.45, 2.75) is 12.3 Å². The predicted molar refractivity (Wildman–Crippen MR) is 215 cm³/mol. The summed E-state index contributed by atoms with van der Waals surface area (Å²) in [4.78, 5) is 2.38. The summed E-state index contributed by atoms with van der Waals surface area (Å²) in [6, 6.07) is 63.8. The Hall–Kier alpha value is -5.96. The lowest BCUT2D eigenvalue weighted by Gasteiger charge is -2.29. The van der Waals surface area contributed by atoms with Crippen molar-refractivity contribution in [1.29, 1.82) is 0 Å². The fourth-order valence-corrected chi connectivity index (χ4v) is 8.46. The molecule has 0 saturated carbocycles. The number of nitrogens with zero attached hydrogens (tertiary/aromatic N) is 1. The zero-order valence-corrected chi connectivity index (χ0v) is 28.4. The van der Waals surface area contributed by atoms with E-state index in [1.807, 2.05) is 11.3 Å². The quantitative estimate of drug-likeness (QED) is 0.165. The molecule has 2 heteroatoms. The minimum absolute atomic E-state index is 0.387. The van der Waals surface area contributed by atoms with Gasteiger partial charge in [-0.15, -0.1) is 11.3 Å². The minimum atomic E-state index is 0.387. The van der Waals surface area contributed by atoms with Gasteiger partial charge in [-0.05, 0) is 81.8 Å². The van der Waals surface area contributed by atoms with Gasteiger partial charge in [0.05, 0.1) is 0 Å². The van der Waals surface area contributed by atoms with Crippen LogP contribution in [-0.2, 0) is 0 Å². The van der Waals surface area contributed by atoms with Crippen LogP contribution in [0.2, 0.25) is 0 Å². The molecule has 0 N–H and O–H groups in total. The van der Waals surface area contributed by atoms with Crippen LogP contribution in [0.1, 0.15) is 17.9 Å². The zero-order valence-electron chi connectivity index (χ0n) is 27.6. The predicted octanol–water partition coefficient (Wildman–Crippen LogP) is 13.8. The first-order valence-electron chi connectivity index (χ1n) is 17.3. The molecule has 0 saturated heterocycles. The summed E-state index contributed by atoms with van der Waals surface area (Å²) < 4.78 is 2.69. The van der Waals surface area contributed by atoms with Crippen LogP contribution < -0.4 is 4.90 Å². The molecule has 1 atom stereocenters. The molecule has 0 aliphatic heterocycles. The smallest absolute Gasteiger partial charge is 0.0461 e. The van der Waals surface area contributed by atoms with Gasteiger partial charge in [0.25, 0.3) is 0 Å². The van der Waals surface area contributed by atoms with E-state index >= 15 is 0 Å². The second kappa shape index (κ2) is 13.2. The Morgan fingerprint density at radius 1 is 0.460 bits per heavy atom. The molecule has 0 bridgehead atoms. The maximum Gasteiger partial charge on any atom is 0.0461 e. The Morgan fingerprint density at radius 2 is 1.00 bits per heavy atom. The number of benzene rings is 7. The van der Waals surface area contributed by atoms with E-state index in [1.54, 1.807) is 0 Å². The zero-order chi connectivity index (χ0) is 33.3. The van der Waals surface area contributed by atoms with Crippen molar-refractivity contribution < 1.29 is 0 Å². The van der Waals surface area contributed by atoms with E-state index in [-0.39, 0.29) is 0 Å². The molecule has 7 aromatic carbocycles. The summed E-state index contributed by atoms with van der Waals surface area (Å²) in [5, 5.41) is 2.67. The summed E-state index contributed by atoms with van der Waals surface area (Å²) >= 11 is 1.88. The normalized spacial score (nSPS) is 14.2. The van der Waals surface area contributed by atoms with E-state index in [2.05, 4.69) is 199 Å². The van der Waals surface area contributed by atoms with Crippen LogP contribution in [-0.4, -0.2) is 0 Å². The SMILES string of the molecule is C1=CC(c2ccccc2)CC=C1N(c1ccc(-c2ccccc2)cc1)c1ccc(-c2ccc(-c3cccc4c3sc3ccccc34)cc2)cc1. The maximum absolute atomic E-state index is 2.38. The van der Waals surface area contributed by atoms with Crippen LogP contribution in [0.15, 0.2) is 200 Å². The molecular formula is C48H35NS. The molecule has 1 aromatic heterocycles. The van der Waals surface area contributed by atoms with Crippen molar-refractivity contribution >= 4 is 42.9 Å². The highest BCUT2D eigenvalue weighted by Crippen LogP contribution is 2.41. The molecule has 9 rings (SSSR count). The third-order valence-corrected chi connectivity index (χ3v) is 11.1. The molecule has 0 spiro atoms. The average molecular weight is 658 g/mol. The molecule has 50 heavy (non-hydrogen) atoms. The summed E-state index contributed by atoms with van der Waals surface area (Å²) in [7, 11) is 0. The van der Waals surface area contributed by atoms with Gasteiger partial charge in [0.2, 0.25) is 0 Å². The fraction of sp³-hybridized carbons (Fsp3) is 0.0417. The van der Waals surface area contributed by atoms with Gasteiger partial charge in [0.1, 0.15) is 0 Å². The summed E-state index contributed by atoms with van der Waals surface area (Å²) in [6.07, 6.45) is 7.99. The monoisotopic (exact) mass is 657 g/mol. The molecule has 1 nitrogen and oxygen atoms in total. The average Bonchev–Trinajstić information content (AvgIpc) is 3.59. The van der Waals surface area contributed by atoms with E-state index in [4.69, 9.17) is 0 Å². The maximum atomic E-state index is 2.38. The molecule has 8 aromatic rings. The van der Waals surface area contributed by atoms with Gasteiger partial charge in [-0.25, -0.2) is 0 Å². The molecular weight excluding hydrogens is 623 g/mol. The Morgan fingerprint density at radius 3 is 1.64 bits per heavy atom. The number of hydrogen-bond donors (Lipinski definition) is 0. The van der Waals surface area contributed by atoms with Crippen molar-refractivity contribution in [2.75, 3.05) is 4.90 Å². The number of anilines is 2. The second-order valence-electron chi connectivity index (χ2n) is 12.9. The van der Waals surface area contributed by atoms with E-state index < -0.39 is 0 Å². The van der Waals surface area contributed by atoms with Gasteiger partial charge in [0.15, 0.2) is 0 Å². The number of allylic oxidation sites excluding steroid dienone is 3. The van der Waals surface area contributed by atoms with Crippen LogP contribution in [0.25, 0.3) is 53.6 Å². The highest BCUT2D eigenvalue weighted by atomic mass is 32.1. The van der Waals surface area contributed by atoms with Crippen molar-refractivity contribution in [1.82, 2.24) is 0 Å². The Balaban J connectivity index is 1.02. The lowest BCUT2D eigenvalue weighted by molar-refractivity contribution is 0.840. The lowest BCUT2D eigenvalue weighted by Crippen LogP contribution is -2.17. The van der Waals surface area contributed by atoms with Crippen molar-refractivity contribution in [3.05, 3.63) is 205 Å². The second-order valence-corrected chi connectivity index (χ2v) is 13.9. The standard InChI is InChI=1S/C48H35NS/c1-3-10-34(11-4-1)37-22-28-41(29-23-37)49(42-30-24-38(25-31-42)35-12-5-2-6-13-35)43-32-26-39(27-33-43)36-18-20-40(21-19-36)44-15-9-16-46-45-14-7-8-17-47(45)50-48(44)46/h1-24,26-33,38H,25H2. The molecule has 0 fully saturated rings. The van der Waals surface area contributed by atoms with Crippen molar-refractivity contribution in [2.24, 2.45) is 0 Å². The first kappa shape index (κ1) is 30.1. The van der Waals surface area contributed by atoms with Gasteiger partial charge in [0, 0.05) is 43.2 Å². The minimum Gasteiger partial charge on any atom is -0.311 e. The fourth-order valence-electron chi connectivity index (χ4n) is 7.22. The molecule has 1 aliphatic rings. The number of thiophene rings is 1. The number of hydrogen-bond acceptors (Lipinski definition) is 2. The van der Waals surface area contributed by atoms with Gasteiger partial charge in [-0.1, -0.05) is 158 Å². The summed E-state index contributed by atoms with van der Waals surface area (Å²) in [6.45, 7) is 0. The largest absolute Gasteiger partial charge is 0.311 e. The van der Waals surface area contributed by atoms with Gasteiger partial charge >= 0.3 is 0 Å². The molecule has 0 radical (unpaired) electrons. The molecule has 1 unspecified atom stereocenters. The first-order chi connectivity index (χ1) is 24.8. The summed E-state index contributed by atoms with van der Waals surface area (Å²) in [5.74, 6) is 0.387. The van der Waals surface area contributed by atoms with E-state index in [0.717, 1.165) is 17.8 Å². The van der Waals surface area contributed by atoms with Crippen LogP contribution in [0.5, 0.6) is 0 Å². The Bertz CT molecular complexity index is 2470. The van der Waals surface area contributed by atoms with Crippen LogP contribution in [0.4, 0.5) is 11.4 Å². The van der Waals surface area contributed by atoms with Gasteiger partial charge in [-0.2, -0.15) is 0 Å². The topological polar surface area (TPSA) is 3.24 Å². The van der Waals surface area contributed by atoms with Gasteiger partial charge in [-0.3, -0.25) is 0 Å². The van der Waals surface area contributed by atoms with E-state index in [9.17, 15) is 0 Å². The van der Waals surface area contributed by atoms with Gasteiger partial charge < -0.3 is 4.90 Å². The third kappa shape index (κ3) is 5.74. The highest BCUT2D eigenvalue weighted by molar-refractivity contribution is 7.26. The van der Waals surface area contributed by atoms with Crippen LogP contribution >= 0.6 is 11.3 Å². The van der Waals surface area contributed by atoms with Crippen LogP contribution in [0, 0.1) is 0 Å². The molecule has 238 valence electrons.